The number of hydrogen-bond acceptors (Lipinski definition) is 3. The smallest absolute Gasteiger partial charge is 0.373 e. The molecule has 0 spiro atoms. The molecule has 1 amide bonds. The van der Waals surface area contributed by atoms with E-state index in [0.717, 1.165) is 37.0 Å². The van der Waals surface area contributed by atoms with Crippen molar-refractivity contribution >= 4 is 11.9 Å². The van der Waals surface area contributed by atoms with Crippen LogP contribution in [-0.4, -0.2) is 17.5 Å². The highest BCUT2D eigenvalue weighted by molar-refractivity contribution is 5.92. The lowest BCUT2D eigenvalue weighted by Gasteiger charge is -2.55. The summed E-state index contributed by atoms with van der Waals surface area (Å²) in [7, 11) is 0. The molecule has 1 aromatic rings. The van der Waals surface area contributed by atoms with Gasteiger partial charge in [0.05, 0.1) is 0 Å². The largest absolute Gasteiger partial charge is 1.00 e. The predicted octanol–water partition coefficient (Wildman–Crippen LogP) is -1.41. The summed E-state index contributed by atoms with van der Waals surface area (Å²) in [6, 6.07) is 3.36. The minimum absolute atomic E-state index is 0. The highest BCUT2D eigenvalue weighted by Gasteiger charge is 2.53. The molecular formula is C18H23ClN2O3. The van der Waals surface area contributed by atoms with Gasteiger partial charge in [0.2, 0.25) is 6.54 Å². The van der Waals surface area contributed by atoms with Crippen LogP contribution in [0.25, 0.3) is 0 Å². The number of ether oxygens (including phenoxy) is 1. The molecule has 4 fully saturated rings. The number of primary amides is 1. The zero-order valence-electron chi connectivity index (χ0n) is 13.6. The summed E-state index contributed by atoms with van der Waals surface area (Å²) >= 11 is 0. The Hall–Kier alpha value is -1.62. The van der Waals surface area contributed by atoms with Crippen molar-refractivity contribution in [2.45, 2.75) is 50.7 Å². The summed E-state index contributed by atoms with van der Waals surface area (Å²) < 4.78 is 7.65. The summed E-state index contributed by atoms with van der Waals surface area (Å²) in [5, 5.41) is 0. The van der Waals surface area contributed by atoms with Gasteiger partial charge in [0.1, 0.15) is 11.2 Å². The molecular weight excluding hydrogens is 328 g/mol. The molecule has 4 aliphatic carbocycles. The summed E-state index contributed by atoms with van der Waals surface area (Å²) in [4.78, 5) is 23.6. The lowest BCUT2D eigenvalue weighted by atomic mass is 9.54. The van der Waals surface area contributed by atoms with Crippen molar-refractivity contribution in [2.75, 3.05) is 0 Å². The molecule has 1 aromatic heterocycles. The van der Waals surface area contributed by atoms with Gasteiger partial charge < -0.3 is 22.9 Å². The van der Waals surface area contributed by atoms with Gasteiger partial charge in [0.15, 0.2) is 12.4 Å². The first-order valence-electron chi connectivity index (χ1n) is 8.52. The topological polar surface area (TPSA) is 73.3 Å². The van der Waals surface area contributed by atoms with Crippen LogP contribution in [0.4, 0.5) is 0 Å². The van der Waals surface area contributed by atoms with Crippen molar-refractivity contribution in [3.63, 3.8) is 0 Å². The first kappa shape index (κ1) is 17.2. The molecule has 130 valence electrons. The molecule has 4 bridgehead atoms. The van der Waals surface area contributed by atoms with E-state index in [-0.39, 0.29) is 30.5 Å². The van der Waals surface area contributed by atoms with Crippen LogP contribution in [0.3, 0.4) is 0 Å². The van der Waals surface area contributed by atoms with E-state index in [1.54, 1.807) is 29.1 Å². The average molecular weight is 351 g/mol. The Morgan fingerprint density at radius 1 is 1.17 bits per heavy atom. The van der Waals surface area contributed by atoms with Crippen LogP contribution in [0, 0.1) is 17.8 Å². The Morgan fingerprint density at radius 2 is 1.75 bits per heavy atom. The van der Waals surface area contributed by atoms with Crippen molar-refractivity contribution in [1.82, 2.24) is 0 Å². The lowest BCUT2D eigenvalue weighted by Crippen LogP contribution is -3.00. The summed E-state index contributed by atoms with van der Waals surface area (Å²) in [6.07, 6.45) is 10.4. The van der Waals surface area contributed by atoms with Gasteiger partial charge in [-0.15, -0.1) is 0 Å². The molecule has 0 saturated heterocycles. The quantitative estimate of drug-likeness (QED) is 0.535. The molecule has 2 N–H and O–H groups in total. The average Bonchev–Trinajstić information content (AvgIpc) is 2.45. The summed E-state index contributed by atoms with van der Waals surface area (Å²) in [5.41, 5.74) is 5.46. The molecule has 5 rings (SSSR count). The van der Waals surface area contributed by atoms with Crippen LogP contribution in [0.2, 0.25) is 0 Å². The van der Waals surface area contributed by atoms with Crippen molar-refractivity contribution < 1.29 is 31.3 Å². The summed E-state index contributed by atoms with van der Waals surface area (Å²) in [6.45, 7) is 0.128. The number of carbonyl (C=O) groups excluding carboxylic acids is 2. The minimum atomic E-state index is -0.492. The number of amides is 1. The number of nitrogens with zero attached hydrogens (tertiary/aromatic N) is 1. The number of aromatic nitrogens is 1. The Labute approximate surface area is 148 Å². The Morgan fingerprint density at radius 3 is 2.29 bits per heavy atom. The molecule has 6 heteroatoms. The standard InChI is InChI=1S/C18H22N2O3.ClH/c19-17(22)15-2-1-3-20(10-15)11-16(21)23-18-7-12-4-13(8-18)6-14(5-12)9-18;/h1-3,10,12-14H,4-9,11H2,(H-,19,22);1H. The zero-order chi connectivity index (χ0) is 16.0. The maximum atomic E-state index is 12.4. The van der Waals surface area contributed by atoms with Gasteiger partial charge in [-0.1, -0.05) is 0 Å². The fraction of sp³-hybridized carbons (Fsp3) is 0.611. The maximum absolute atomic E-state index is 12.4. The van der Waals surface area contributed by atoms with E-state index in [1.807, 2.05) is 0 Å². The molecule has 0 atom stereocenters. The van der Waals surface area contributed by atoms with Gasteiger partial charge in [-0.3, -0.25) is 4.79 Å². The second-order valence-corrected chi connectivity index (χ2v) is 7.70. The molecule has 4 saturated carbocycles. The van der Waals surface area contributed by atoms with Crippen molar-refractivity contribution in [3.8, 4) is 0 Å². The van der Waals surface area contributed by atoms with E-state index in [4.69, 9.17) is 10.5 Å². The Balaban J connectivity index is 0.00000169. The third-order valence-corrected chi connectivity index (χ3v) is 5.77. The minimum Gasteiger partial charge on any atom is -1.00 e. The highest BCUT2D eigenvalue weighted by Crippen LogP contribution is 2.57. The van der Waals surface area contributed by atoms with Crippen LogP contribution >= 0.6 is 0 Å². The molecule has 1 heterocycles. The SMILES string of the molecule is NC(=O)c1ccc[n+](CC(=O)OC23CC4CC(CC(C4)C2)C3)c1.[Cl-]. The second kappa shape index (κ2) is 6.36. The van der Waals surface area contributed by atoms with Crippen LogP contribution in [0.15, 0.2) is 24.5 Å². The van der Waals surface area contributed by atoms with Gasteiger partial charge in [0, 0.05) is 6.07 Å². The maximum Gasteiger partial charge on any atom is 0.373 e. The molecule has 4 aliphatic rings. The number of carbonyl (C=O) groups is 2. The van der Waals surface area contributed by atoms with Gasteiger partial charge in [0.25, 0.3) is 5.91 Å². The van der Waals surface area contributed by atoms with Crippen molar-refractivity contribution in [3.05, 3.63) is 30.1 Å². The molecule has 0 aromatic carbocycles. The Bertz CT molecular complexity index is 626. The fourth-order valence-corrected chi connectivity index (χ4v) is 5.35. The number of hydrogen-bond donors (Lipinski definition) is 1. The number of rotatable bonds is 4. The van der Waals surface area contributed by atoms with Crippen LogP contribution in [0.1, 0.15) is 48.9 Å². The number of pyridine rings is 1. The fourth-order valence-electron chi connectivity index (χ4n) is 5.35. The second-order valence-electron chi connectivity index (χ2n) is 7.70. The normalized spacial score (nSPS) is 32.9. The van der Waals surface area contributed by atoms with E-state index >= 15 is 0 Å². The molecule has 0 radical (unpaired) electrons. The van der Waals surface area contributed by atoms with Gasteiger partial charge in [-0.25, -0.2) is 4.79 Å². The molecule has 0 aliphatic heterocycles. The number of esters is 1. The first-order chi connectivity index (χ1) is 11.0. The monoisotopic (exact) mass is 350 g/mol. The van der Waals surface area contributed by atoms with Crippen molar-refractivity contribution in [2.24, 2.45) is 23.5 Å². The van der Waals surface area contributed by atoms with Crippen LogP contribution in [0.5, 0.6) is 0 Å². The first-order valence-corrected chi connectivity index (χ1v) is 8.52. The lowest BCUT2D eigenvalue weighted by molar-refractivity contribution is -0.686. The van der Waals surface area contributed by atoms with Crippen LogP contribution in [-0.2, 0) is 16.1 Å². The Kier molecular flexibility index (Phi) is 4.56. The van der Waals surface area contributed by atoms with Crippen LogP contribution < -0.4 is 22.7 Å². The third kappa shape index (κ3) is 3.27. The highest BCUT2D eigenvalue weighted by atomic mass is 35.5. The zero-order valence-corrected chi connectivity index (χ0v) is 14.4. The third-order valence-electron chi connectivity index (χ3n) is 5.77. The van der Waals surface area contributed by atoms with E-state index < -0.39 is 5.91 Å². The summed E-state index contributed by atoms with van der Waals surface area (Å²) in [5.74, 6) is 1.55. The van der Waals surface area contributed by atoms with Crippen molar-refractivity contribution in [1.29, 1.82) is 0 Å². The van der Waals surface area contributed by atoms with Gasteiger partial charge in [-0.2, -0.15) is 4.57 Å². The number of nitrogens with two attached hydrogens (primary N) is 1. The van der Waals surface area contributed by atoms with E-state index in [0.29, 0.717) is 5.56 Å². The predicted molar refractivity (Wildman–Crippen MR) is 82.1 cm³/mol. The van der Waals surface area contributed by atoms with Gasteiger partial charge >= 0.3 is 5.97 Å². The molecule has 24 heavy (non-hydrogen) atoms. The van der Waals surface area contributed by atoms with E-state index in [1.165, 1.54) is 19.3 Å². The number of halogens is 1. The molecule has 5 nitrogen and oxygen atoms in total. The van der Waals surface area contributed by atoms with E-state index in [9.17, 15) is 9.59 Å². The van der Waals surface area contributed by atoms with E-state index in [2.05, 4.69) is 0 Å². The van der Waals surface area contributed by atoms with Gasteiger partial charge in [-0.05, 0) is 62.3 Å². The molecule has 0 unspecified atom stereocenters.